The minimum absolute atomic E-state index is 0.321. The number of rotatable bonds is 1. The first-order valence-corrected chi connectivity index (χ1v) is 7.28. The average Bonchev–Trinajstić information content (AvgIpc) is 2.29. The Morgan fingerprint density at radius 2 is 1.88 bits per heavy atom. The van der Waals surface area contributed by atoms with Crippen LogP contribution in [-0.4, -0.2) is 25.7 Å². The highest BCUT2D eigenvalue weighted by molar-refractivity contribution is 14.1. The van der Waals surface area contributed by atoms with Gasteiger partial charge in [0.2, 0.25) is 0 Å². The zero-order chi connectivity index (χ0) is 12.5. The minimum atomic E-state index is 0.321. The van der Waals surface area contributed by atoms with Crippen molar-refractivity contribution < 1.29 is 0 Å². The molecule has 0 amide bonds. The Bertz CT molecular complexity index is 367. The fraction of sp³-hybridized carbons (Fsp3) is 0.571. The van der Waals surface area contributed by atoms with E-state index >= 15 is 0 Å². The Kier molecular flexibility index (Phi) is 3.98. The second kappa shape index (κ2) is 5.14. The van der Waals surface area contributed by atoms with Crippen molar-refractivity contribution >= 4 is 28.3 Å². The first-order valence-electron chi connectivity index (χ1n) is 6.21. The molecule has 0 saturated carbocycles. The third-order valence-corrected chi connectivity index (χ3v) is 4.13. The van der Waals surface area contributed by atoms with Gasteiger partial charge in [0.25, 0.3) is 0 Å². The molecule has 1 saturated heterocycles. The van der Waals surface area contributed by atoms with Crippen molar-refractivity contribution in [1.82, 2.24) is 5.32 Å². The third-order valence-electron chi connectivity index (χ3n) is 3.41. The topological polar surface area (TPSA) is 15.3 Å². The molecule has 17 heavy (non-hydrogen) atoms. The number of hydrogen-bond acceptors (Lipinski definition) is 2. The summed E-state index contributed by atoms with van der Waals surface area (Å²) >= 11 is 2.35. The maximum Gasteiger partial charge on any atom is 0.0367 e. The minimum Gasteiger partial charge on any atom is -0.369 e. The Hall–Kier alpha value is -0.290. The second-order valence-electron chi connectivity index (χ2n) is 5.80. The van der Waals surface area contributed by atoms with Crippen LogP contribution in [0, 0.1) is 8.99 Å². The molecule has 1 aliphatic rings. The molecule has 1 aliphatic heterocycles. The van der Waals surface area contributed by atoms with Crippen LogP contribution in [0.5, 0.6) is 0 Å². The lowest BCUT2D eigenvalue weighted by Crippen LogP contribution is -2.56. The van der Waals surface area contributed by atoms with E-state index in [9.17, 15) is 0 Å². The largest absolute Gasteiger partial charge is 0.369 e. The number of nitrogens with zero attached hydrogens (tertiary/aromatic N) is 1. The van der Waals surface area contributed by atoms with E-state index in [1.54, 1.807) is 0 Å². The fourth-order valence-corrected chi connectivity index (χ4v) is 2.58. The normalized spacial score (nSPS) is 21.6. The maximum absolute atomic E-state index is 3.63. The molecule has 0 radical (unpaired) electrons. The predicted molar refractivity (Wildman–Crippen MR) is 82.6 cm³/mol. The van der Waals surface area contributed by atoms with E-state index in [0.29, 0.717) is 11.5 Å². The lowest BCUT2D eigenvalue weighted by atomic mass is 9.85. The van der Waals surface area contributed by atoms with Gasteiger partial charge in [-0.1, -0.05) is 20.8 Å². The van der Waals surface area contributed by atoms with Crippen LogP contribution in [0.1, 0.15) is 20.8 Å². The summed E-state index contributed by atoms with van der Waals surface area (Å²) in [6, 6.07) is 9.39. The molecule has 1 atom stereocenters. The molecule has 1 unspecified atom stereocenters. The van der Waals surface area contributed by atoms with Crippen LogP contribution in [0.15, 0.2) is 24.3 Å². The van der Waals surface area contributed by atoms with Crippen LogP contribution in [0.2, 0.25) is 0 Å². The van der Waals surface area contributed by atoms with Crippen molar-refractivity contribution in [3.05, 3.63) is 27.8 Å². The van der Waals surface area contributed by atoms with Gasteiger partial charge in [-0.15, -0.1) is 0 Å². The number of halogens is 1. The van der Waals surface area contributed by atoms with Gasteiger partial charge in [-0.05, 0) is 52.3 Å². The molecule has 1 fully saturated rings. The molecule has 0 bridgehead atoms. The average molecular weight is 344 g/mol. The molecule has 1 N–H and O–H groups in total. The standard InChI is InChI=1S/C14H21IN2/c1-14(2,3)13-10-17(9-8-16-13)12-6-4-11(15)5-7-12/h4-7,13,16H,8-10H2,1-3H3. The zero-order valence-corrected chi connectivity index (χ0v) is 13.0. The molecule has 0 aromatic heterocycles. The van der Waals surface area contributed by atoms with Crippen molar-refractivity contribution in [3.8, 4) is 0 Å². The lowest BCUT2D eigenvalue weighted by molar-refractivity contribution is 0.254. The van der Waals surface area contributed by atoms with Crippen LogP contribution in [0.4, 0.5) is 5.69 Å². The van der Waals surface area contributed by atoms with Crippen molar-refractivity contribution in [2.75, 3.05) is 24.5 Å². The molecular weight excluding hydrogens is 323 g/mol. The number of hydrogen-bond donors (Lipinski definition) is 1. The molecule has 1 aromatic carbocycles. The van der Waals surface area contributed by atoms with E-state index in [1.165, 1.54) is 9.26 Å². The number of anilines is 1. The highest BCUT2D eigenvalue weighted by Crippen LogP contribution is 2.25. The number of nitrogens with one attached hydrogen (secondary N) is 1. The van der Waals surface area contributed by atoms with E-state index in [-0.39, 0.29) is 0 Å². The van der Waals surface area contributed by atoms with E-state index in [0.717, 1.165) is 19.6 Å². The Morgan fingerprint density at radius 3 is 2.47 bits per heavy atom. The molecule has 3 heteroatoms. The van der Waals surface area contributed by atoms with Crippen LogP contribution in [0.3, 0.4) is 0 Å². The molecule has 1 aromatic rings. The van der Waals surface area contributed by atoms with Crippen LogP contribution < -0.4 is 10.2 Å². The Labute approximate surface area is 118 Å². The summed E-state index contributed by atoms with van der Waals surface area (Å²) in [5, 5.41) is 3.63. The number of piperazine rings is 1. The monoisotopic (exact) mass is 344 g/mol. The van der Waals surface area contributed by atoms with Gasteiger partial charge < -0.3 is 10.2 Å². The molecule has 2 nitrogen and oxygen atoms in total. The van der Waals surface area contributed by atoms with E-state index in [1.807, 2.05) is 0 Å². The smallest absolute Gasteiger partial charge is 0.0367 e. The van der Waals surface area contributed by atoms with Gasteiger partial charge in [-0.25, -0.2) is 0 Å². The summed E-state index contributed by atoms with van der Waals surface area (Å²) in [6.07, 6.45) is 0. The molecule has 2 rings (SSSR count). The second-order valence-corrected chi connectivity index (χ2v) is 7.04. The molecule has 0 aliphatic carbocycles. The summed E-state index contributed by atoms with van der Waals surface area (Å²) in [5.74, 6) is 0. The molecule has 94 valence electrons. The molecular formula is C14H21IN2. The fourth-order valence-electron chi connectivity index (χ4n) is 2.22. The summed E-state index contributed by atoms with van der Waals surface area (Å²) in [5.41, 5.74) is 1.67. The predicted octanol–water partition coefficient (Wildman–Crippen LogP) is 3.12. The van der Waals surface area contributed by atoms with Gasteiger partial charge >= 0.3 is 0 Å². The van der Waals surface area contributed by atoms with Crippen LogP contribution in [0.25, 0.3) is 0 Å². The summed E-state index contributed by atoms with van der Waals surface area (Å²) in [6.45, 7) is 10.2. The number of benzene rings is 1. The van der Waals surface area contributed by atoms with Gasteiger partial charge in [0.05, 0.1) is 0 Å². The van der Waals surface area contributed by atoms with E-state index < -0.39 is 0 Å². The zero-order valence-electron chi connectivity index (χ0n) is 10.8. The van der Waals surface area contributed by atoms with Crippen molar-refractivity contribution in [2.24, 2.45) is 5.41 Å². The summed E-state index contributed by atoms with van der Waals surface area (Å²) < 4.78 is 1.30. The van der Waals surface area contributed by atoms with Gasteiger partial charge in [-0.2, -0.15) is 0 Å². The highest BCUT2D eigenvalue weighted by Gasteiger charge is 2.29. The summed E-state index contributed by atoms with van der Waals surface area (Å²) in [4.78, 5) is 2.49. The Morgan fingerprint density at radius 1 is 1.24 bits per heavy atom. The van der Waals surface area contributed by atoms with Gasteiger partial charge in [0, 0.05) is 34.9 Å². The van der Waals surface area contributed by atoms with Gasteiger partial charge in [-0.3, -0.25) is 0 Å². The van der Waals surface area contributed by atoms with Gasteiger partial charge in [0.1, 0.15) is 0 Å². The lowest BCUT2D eigenvalue weighted by Gasteiger charge is -2.41. The maximum atomic E-state index is 3.63. The molecule has 1 heterocycles. The highest BCUT2D eigenvalue weighted by atomic mass is 127. The molecule has 0 spiro atoms. The van der Waals surface area contributed by atoms with Crippen molar-refractivity contribution in [2.45, 2.75) is 26.8 Å². The van der Waals surface area contributed by atoms with Gasteiger partial charge in [0.15, 0.2) is 0 Å². The third kappa shape index (κ3) is 3.35. The van der Waals surface area contributed by atoms with E-state index in [2.05, 4.69) is 77.8 Å². The van der Waals surface area contributed by atoms with E-state index in [4.69, 9.17) is 0 Å². The SMILES string of the molecule is CC(C)(C)C1CN(c2ccc(I)cc2)CCN1. The van der Waals surface area contributed by atoms with Crippen molar-refractivity contribution in [1.29, 1.82) is 0 Å². The first kappa shape index (κ1) is 13.1. The van der Waals surface area contributed by atoms with Crippen LogP contribution >= 0.6 is 22.6 Å². The first-order chi connectivity index (χ1) is 7.97. The van der Waals surface area contributed by atoms with Crippen LogP contribution in [-0.2, 0) is 0 Å². The summed E-state index contributed by atoms with van der Waals surface area (Å²) in [7, 11) is 0. The Balaban J connectivity index is 2.09. The quantitative estimate of drug-likeness (QED) is 0.788. The van der Waals surface area contributed by atoms with Crippen molar-refractivity contribution in [3.63, 3.8) is 0 Å².